The summed E-state index contributed by atoms with van der Waals surface area (Å²) in [7, 11) is 0. The van der Waals surface area contributed by atoms with E-state index in [1.54, 1.807) is 0 Å². The van der Waals surface area contributed by atoms with Crippen LogP contribution in [0, 0.1) is 0 Å². The van der Waals surface area contributed by atoms with Crippen LogP contribution in [0.5, 0.6) is 0 Å². The predicted octanol–water partition coefficient (Wildman–Crippen LogP) is -0.632. The zero-order valence-corrected chi connectivity index (χ0v) is 9.89. The van der Waals surface area contributed by atoms with Gasteiger partial charge in [-0.05, 0) is 0 Å². The molecule has 7 nitrogen and oxygen atoms in total. The standard InChI is InChI=1S/C11H15NO6/c13-6-1-7-18-11(17)5-4-10(16)12-8(14)2-3-9(12)15/h13H,1-7H2. The average molecular weight is 257 g/mol. The largest absolute Gasteiger partial charge is 0.466 e. The van der Waals surface area contributed by atoms with Crippen LogP contribution < -0.4 is 0 Å². The predicted molar refractivity (Wildman–Crippen MR) is 58.0 cm³/mol. The first kappa shape index (κ1) is 14.3. The van der Waals surface area contributed by atoms with E-state index in [-0.39, 0.29) is 38.9 Å². The highest BCUT2D eigenvalue weighted by Crippen LogP contribution is 2.13. The zero-order valence-electron chi connectivity index (χ0n) is 9.89. The Morgan fingerprint density at radius 2 is 1.78 bits per heavy atom. The van der Waals surface area contributed by atoms with E-state index < -0.39 is 23.7 Å². The summed E-state index contributed by atoms with van der Waals surface area (Å²) in [6.07, 6.45) is 0.0244. The minimum Gasteiger partial charge on any atom is -0.466 e. The number of aliphatic hydroxyl groups is 1. The lowest BCUT2D eigenvalue weighted by Crippen LogP contribution is -2.35. The van der Waals surface area contributed by atoms with Crippen LogP contribution in [0.15, 0.2) is 0 Å². The molecule has 0 aliphatic carbocycles. The van der Waals surface area contributed by atoms with Gasteiger partial charge in [0.05, 0.1) is 13.0 Å². The van der Waals surface area contributed by atoms with E-state index in [4.69, 9.17) is 9.84 Å². The van der Waals surface area contributed by atoms with E-state index >= 15 is 0 Å². The highest BCUT2D eigenvalue weighted by Gasteiger charge is 2.34. The Labute approximate surface area is 104 Å². The molecule has 0 aromatic carbocycles. The Kier molecular flexibility index (Phi) is 5.44. The van der Waals surface area contributed by atoms with E-state index in [0.717, 1.165) is 0 Å². The molecule has 1 N–H and O–H groups in total. The molecule has 0 aromatic heterocycles. The van der Waals surface area contributed by atoms with Gasteiger partial charge in [-0.15, -0.1) is 0 Å². The zero-order chi connectivity index (χ0) is 13.5. The molecule has 1 aliphatic rings. The molecule has 0 radical (unpaired) electrons. The van der Waals surface area contributed by atoms with Crippen LogP contribution in [0.2, 0.25) is 0 Å². The molecule has 0 bridgehead atoms. The monoisotopic (exact) mass is 257 g/mol. The van der Waals surface area contributed by atoms with Gasteiger partial charge >= 0.3 is 5.97 Å². The second-order valence-electron chi connectivity index (χ2n) is 3.81. The Balaban J connectivity index is 2.30. The number of ether oxygens (including phenoxy) is 1. The maximum atomic E-state index is 11.5. The minimum absolute atomic E-state index is 0.0471. The molecule has 0 atom stereocenters. The van der Waals surface area contributed by atoms with Crippen molar-refractivity contribution in [1.82, 2.24) is 4.90 Å². The Morgan fingerprint density at radius 1 is 1.17 bits per heavy atom. The molecule has 0 spiro atoms. The van der Waals surface area contributed by atoms with Gasteiger partial charge in [0.2, 0.25) is 17.7 Å². The van der Waals surface area contributed by atoms with Gasteiger partial charge in [-0.2, -0.15) is 0 Å². The molecule has 1 saturated heterocycles. The van der Waals surface area contributed by atoms with Crippen LogP contribution in [0.1, 0.15) is 32.1 Å². The number of amides is 3. The van der Waals surface area contributed by atoms with Gasteiger partial charge < -0.3 is 9.84 Å². The van der Waals surface area contributed by atoms with Crippen LogP contribution in [-0.4, -0.2) is 46.9 Å². The summed E-state index contributed by atoms with van der Waals surface area (Å²) in [5.74, 6) is -2.28. The third-order valence-corrected chi connectivity index (χ3v) is 2.41. The van der Waals surface area contributed by atoms with Crippen molar-refractivity contribution in [3.05, 3.63) is 0 Å². The number of imide groups is 3. The minimum atomic E-state index is -0.665. The lowest BCUT2D eigenvalue weighted by molar-refractivity contribution is -0.152. The van der Waals surface area contributed by atoms with Gasteiger partial charge in [0.15, 0.2) is 0 Å². The first-order chi connectivity index (χ1) is 8.56. The molecule has 3 amide bonds. The number of carbonyl (C=O) groups is 4. The van der Waals surface area contributed by atoms with Crippen LogP contribution in [-0.2, 0) is 23.9 Å². The van der Waals surface area contributed by atoms with Crippen molar-refractivity contribution in [3.8, 4) is 0 Å². The summed E-state index contributed by atoms with van der Waals surface area (Å²) >= 11 is 0. The van der Waals surface area contributed by atoms with Crippen molar-refractivity contribution in [2.45, 2.75) is 32.1 Å². The molecule has 0 aromatic rings. The summed E-state index contributed by atoms with van der Waals surface area (Å²) in [5, 5.41) is 8.47. The quantitative estimate of drug-likeness (QED) is 0.386. The van der Waals surface area contributed by atoms with Gasteiger partial charge in [-0.25, -0.2) is 4.90 Å². The molecular weight excluding hydrogens is 242 g/mol. The highest BCUT2D eigenvalue weighted by molar-refractivity contribution is 6.15. The van der Waals surface area contributed by atoms with Gasteiger partial charge in [0.1, 0.15) is 0 Å². The van der Waals surface area contributed by atoms with Crippen LogP contribution in [0.25, 0.3) is 0 Å². The van der Waals surface area contributed by atoms with Gasteiger partial charge in [0.25, 0.3) is 0 Å². The van der Waals surface area contributed by atoms with Crippen molar-refractivity contribution in [2.75, 3.05) is 13.2 Å². The SMILES string of the molecule is O=C(CCC(=O)N1C(=O)CCC1=O)OCCCO. The number of likely N-dealkylation sites (tertiary alicyclic amines) is 1. The third kappa shape index (κ3) is 3.92. The number of hydrogen-bond acceptors (Lipinski definition) is 6. The van der Waals surface area contributed by atoms with Gasteiger partial charge in [0, 0.05) is 32.3 Å². The summed E-state index contributed by atoms with van der Waals surface area (Å²) in [4.78, 5) is 45.7. The lowest BCUT2D eigenvalue weighted by atomic mass is 10.3. The number of carbonyl (C=O) groups excluding carboxylic acids is 4. The van der Waals surface area contributed by atoms with E-state index in [9.17, 15) is 19.2 Å². The van der Waals surface area contributed by atoms with Crippen molar-refractivity contribution < 1.29 is 29.0 Å². The second kappa shape index (κ2) is 6.85. The molecule has 1 heterocycles. The van der Waals surface area contributed by atoms with Crippen LogP contribution in [0.3, 0.4) is 0 Å². The maximum absolute atomic E-state index is 11.5. The molecule has 0 saturated carbocycles. The fraction of sp³-hybridized carbons (Fsp3) is 0.636. The molecule has 100 valence electrons. The number of hydrogen-bond donors (Lipinski definition) is 1. The number of nitrogens with zero attached hydrogens (tertiary/aromatic N) is 1. The summed E-state index contributed by atoms with van der Waals surface area (Å²) in [5.41, 5.74) is 0. The molecular formula is C11H15NO6. The molecule has 7 heteroatoms. The molecule has 1 fully saturated rings. The number of esters is 1. The highest BCUT2D eigenvalue weighted by atomic mass is 16.5. The fourth-order valence-electron chi connectivity index (χ4n) is 1.50. The Bertz CT molecular complexity index is 349. The van der Waals surface area contributed by atoms with Gasteiger partial charge in [-0.3, -0.25) is 19.2 Å². The average Bonchev–Trinajstić information content (AvgIpc) is 2.66. The summed E-state index contributed by atoms with van der Waals surface area (Å²) in [6, 6.07) is 0. The number of aliphatic hydroxyl groups excluding tert-OH is 1. The smallest absolute Gasteiger partial charge is 0.306 e. The molecule has 1 rings (SSSR count). The van der Waals surface area contributed by atoms with Crippen LogP contribution in [0.4, 0.5) is 0 Å². The first-order valence-electron chi connectivity index (χ1n) is 5.71. The Hall–Kier alpha value is -1.76. The molecule has 18 heavy (non-hydrogen) atoms. The summed E-state index contributed by atoms with van der Waals surface area (Å²) in [6.45, 7) is 0.00803. The normalized spacial score (nSPS) is 15.1. The van der Waals surface area contributed by atoms with Crippen molar-refractivity contribution in [3.63, 3.8) is 0 Å². The third-order valence-electron chi connectivity index (χ3n) is 2.41. The Morgan fingerprint density at radius 3 is 2.33 bits per heavy atom. The second-order valence-corrected chi connectivity index (χ2v) is 3.81. The van der Waals surface area contributed by atoms with Crippen molar-refractivity contribution in [2.24, 2.45) is 0 Å². The topological polar surface area (TPSA) is 101 Å². The van der Waals surface area contributed by atoms with E-state index in [1.807, 2.05) is 0 Å². The summed E-state index contributed by atoms with van der Waals surface area (Å²) < 4.78 is 4.71. The first-order valence-corrected chi connectivity index (χ1v) is 5.71. The van der Waals surface area contributed by atoms with E-state index in [0.29, 0.717) is 11.3 Å². The van der Waals surface area contributed by atoms with Crippen molar-refractivity contribution in [1.29, 1.82) is 0 Å². The van der Waals surface area contributed by atoms with E-state index in [1.165, 1.54) is 0 Å². The van der Waals surface area contributed by atoms with Crippen LogP contribution >= 0.6 is 0 Å². The lowest BCUT2D eigenvalue weighted by Gasteiger charge is -2.11. The fourth-order valence-corrected chi connectivity index (χ4v) is 1.50. The van der Waals surface area contributed by atoms with Gasteiger partial charge in [-0.1, -0.05) is 0 Å². The number of rotatable bonds is 6. The maximum Gasteiger partial charge on any atom is 0.306 e. The van der Waals surface area contributed by atoms with Crippen molar-refractivity contribution >= 4 is 23.7 Å². The molecule has 0 unspecified atom stereocenters. The van der Waals surface area contributed by atoms with E-state index in [2.05, 4.69) is 0 Å². The molecule has 1 aliphatic heterocycles.